The molecule has 2 heterocycles. The molecule has 4 rings (SSSR count). The van der Waals surface area contributed by atoms with Crippen molar-refractivity contribution >= 4 is 29.4 Å². The van der Waals surface area contributed by atoms with Gasteiger partial charge < -0.3 is 14.2 Å². The number of aromatic nitrogens is 1. The summed E-state index contributed by atoms with van der Waals surface area (Å²) < 4.78 is 17.8. The molecule has 1 atom stereocenters. The molecule has 0 saturated heterocycles. The molecular weight excluding hydrogens is 468 g/mol. The molecule has 0 unspecified atom stereocenters. The molecule has 0 bridgehead atoms. The number of methoxy groups -OCH3 is 1. The fraction of sp³-hybridized carbons (Fsp3) is 0.231. The lowest BCUT2D eigenvalue weighted by Gasteiger charge is -2.24. The average molecular weight is 493 g/mol. The summed E-state index contributed by atoms with van der Waals surface area (Å²) in [5.41, 5.74) is 2.03. The van der Waals surface area contributed by atoms with Crippen LogP contribution in [-0.2, 0) is 14.3 Å². The highest BCUT2D eigenvalue weighted by molar-refractivity contribution is 7.07. The van der Waals surface area contributed by atoms with Crippen LogP contribution in [0.4, 0.5) is 0 Å². The van der Waals surface area contributed by atoms with Gasteiger partial charge in [0.15, 0.2) is 16.3 Å². The largest absolute Gasteiger partial charge is 0.493 e. The van der Waals surface area contributed by atoms with Crippen LogP contribution in [0.2, 0.25) is 0 Å². The fourth-order valence-electron chi connectivity index (χ4n) is 3.91. The third-order valence-corrected chi connectivity index (χ3v) is 6.35. The molecule has 3 aromatic rings. The number of fused-ring (bicyclic) bond motifs is 1. The van der Waals surface area contributed by atoms with Gasteiger partial charge in [-0.3, -0.25) is 14.2 Å². The van der Waals surface area contributed by atoms with Crippen molar-refractivity contribution in [2.24, 2.45) is 4.99 Å². The van der Waals surface area contributed by atoms with Gasteiger partial charge in [-0.15, -0.1) is 0 Å². The summed E-state index contributed by atoms with van der Waals surface area (Å²) in [6.45, 7) is 5.01. The molecule has 0 saturated carbocycles. The Morgan fingerprint density at radius 2 is 1.89 bits per heavy atom. The first-order chi connectivity index (χ1) is 16.8. The van der Waals surface area contributed by atoms with Crippen molar-refractivity contribution in [3.63, 3.8) is 0 Å². The van der Waals surface area contributed by atoms with E-state index in [1.807, 2.05) is 30.3 Å². The van der Waals surface area contributed by atoms with Crippen molar-refractivity contribution < 1.29 is 23.8 Å². The zero-order valence-corrected chi connectivity index (χ0v) is 20.5. The van der Waals surface area contributed by atoms with Crippen LogP contribution in [0.3, 0.4) is 0 Å². The van der Waals surface area contributed by atoms with Gasteiger partial charge in [-0.05, 0) is 43.2 Å². The number of allylic oxidation sites excluding steroid dienone is 1. The molecule has 1 aliphatic heterocycles. The topological polar surface area (TPSA) is 96.2 Å². The Morgan fingerprint density at radius 1 is 1.14 bits per heavy atom. The van der Waals surface area contributed by atoms with Crippen LogP contribution < -0.4 is 24.4 Å². The highest BCUT2D eigenvalue weighted by atomic mass is 32.1. The smallest absolute Gasteiger partial charge is 0.338 e. The van der Waals surface area contributed by atoms with E-state index in [1.165, 1.54) is 29.9 Å². The number of carbonyl (C=O) groups excluding carboxylic acids is 2. The van der Waals surface area contributed by atoms with Crippen LogP contribution in [0.1, 0.15) is 37.9 Å². The molecule has 0 fully saturated rings. The van der Waals surface area contributed by atoms with Gasteiger partial charge in [0.1, 0.15) is 0 Å². The van der Waals surface area contributed by atoms with Gasteiger partial charge in [-0.25, -0.2) is 9.79 Å². The Kier molecular flexibility index (Phi) is 6.97. The molecule has 180 valence electrons. The Bertz CT molecular complexity index is 1500. The van der Waals surface area contributed by atoms with E-state index in [0.717, 1.165) is 5.56 Å². The maximum absolute atomic E-state index is 13.6. The predicted molar refractivity (Wildman–Crippen MR) is 131 cm³/mol. The van der Waals surface area contributed by atoms with E-state index >= 15 is 0 Å². The predicted octanol–water partition coefficient (Wildman–Crippen LogP) is 2.73. The molecule has 0 aliphatic carbocycles. The lowest BCUT2D eigenvalue weighted by Crippen LogP contribution is -2.39. The van der Waals surface area contributed by atoms with Crippen molar-refractivity contribution in [2.75, 3.05) is 13.7 Å². The maximum atomic E-state index is 13.6. The molecule has 1 aromatic heterocycles. The number of esters is 2. The Hall–Kier alpha value is -3.98. The van der Waals surface area contributed by atoms with Crippen molar-refractivity contribution in [3.05, 3.63) is 90.6 Å². The molecule has 9 heteroatoms. The summed E-state index contributed by atoms with van der Waals surface area (Å²) in [5.74, 6) is -0.303. The number of ether oxygens (including phenoxy) is 3. The van der Waals surface area contributed by atoms with Crippen LogP contribution >= 0.6 is 11.3 Å². The van der Waals surface area contributed by atoms with Gasteiger partial charge in [-0.2, -0.15) is 0 Å². The Labute approximate surface area is 205 Å². The molecule has 1 aliphatic rings. The van der Waals surface area contributed by atoms with Crippen molar-refractivity contribution in [1.29, 1.82) is 0 Å². The first-order valence-electron chi connectivity index (χ1n) is 10.9. The molecule has 0 radical (unpaired) electrons. The van der Waals surface area contributed by atoms with E-state index in [0.29, 0.717) is 31.9 Å². The molecule has 8 nitrogen and oxygen atoms in total. The quantitative estimate of drug-likeness (QED) is 0.388. The number of nitrogens with zero attached hydrogens (tertiary/aromatic N) is 2. The van der Waals surface area contributed by atoms with Gasteiger partial charge in [0.25, 0.3) is 5.56 Å². The lowest BCUT2D eigenvalue weighted by molar-refractivity contribution is -0.139. The van der Waals surface area contributed by atoms with Gasteiger partial charge in [0, 0.05) is 6.92 Å². The summed E-state index contributed by atoms with van der Waals surface area (Å²) in [6, 6.07) is 13.7. The zero-order chi connectivity index (χ0) is 25.1. The van der Waals surface area contributed by atoms with Crippen LogP contribution in [0, 0.1) is 0 Å². The molecule has 0 spiro atoms. The molecule has 0 amide bonds. The van der Waals surface area contributed by atoms with Crippen LogP contribution in [-0.4, -0.2) is 30.2 Å². The molecule has 35 heavy (non-hydrogen) atoms. The number of hydrogen-bond donors (Lipinski definition) is 0. The maximum Gasteiger partial charge on any atom is 0.338 e. The standard InChI is InChI=1S/C26H24N2O6S/c1-5-33-25(31)22-15(2)27-26-28(23(22)18-9-7-6-8-10-18)24(30)21(35-26)14-17-11-12-19(34-16(3)29)20(13-17)32-4/h6-14,23H,5H2,1-4H3/b21-14-/t23-/m1/s1. The average Bonchev–Trinajstić information content (AvgIpc) is 3.13. The molecular formula is C26H24N2O6S. The second-order valence-electron chi connectivity index (χ2n) is 7.72. The summed E-state index contributed by atoms with van der Waals surface area (Å²) in [7, 11) is 1.47. The van der Waals surface area contributed by atoms with Gasteiger partial charge in [0.2, 0.25) is 0 Å². The van der Waals surface area contributed by atoms with E-state index in [9.17, 15) is 14.4 Å². The minimum atomic E-state index is -0.658. The second kappa shape index (κ2) is 10.1. The van der Waals surface area contributed by atoms with E-state index in [2.05, 4.69) is 4.99 Å². The van der Waals surface area contributed by atoms with Crippen molar-refractivity contribution in [2.45, 2.75) is 26.8 Å². The van der Waals surface area contributed by atoms with E-state index in [4.69, 9.17) is 14.2 Å². The minimum absolute atomic E-state index is 0.215. The summed E-state index contributed by atoms with van der Waals surface area (Å²) in [6.07, 6.45) is 1.72. The summed E-state index contributed by atoms with van der Waals surface area (Å²) >= 11 is 1.23. The SMILES string of the molecule is CCOC(=O)C1=C(C)N=c2s/c(=C\c3ccc(OC(C)=O)c(OC)c3)c(=O)n2[C@@H]1c1ccccc1. The number of benzene rings is 2. The fourth-order valence-corrected chi connectivity index (χ4v) is 4.95. The van der Waals surface area contributed by atoms with E-state index in [1.54, 1.807) is 38.1 Å². The van der Waals surface area contributed by atoms with Crippen molar-refractivity contribution in [3.8, 4) is 11.5 Å². The number of carbonyl (C=O) groups is 2. The number of hydrogen-bond acceptors (Lipinski definition) is 8. The van der Waals surface area contributed by atoms with Crippen molar-refractivity contribution in [1.82, 2.24) is 4.57 Å². The number of thiazole rings is 1. The molecule has 0 N–H and O–H groups in total. The van der Waals surface area contributed by atoms with Crippen LogP contribution in [0.5, 0.6) is 11.5 Å². The monoisotopic (exact) mass is 492 g/mol. The highest BCUT2D eigenvalue weighted by Crippen LogP contribution is 2.31. The lowest BCUT2D eigenvalue weighted by atomic mass is 9.96. The first-order valence-corrected chi connectivity index (χ1v) is 11.8. The summed E-state index contributed by atoms with van der Waals surface area (Å²) in [5, 5.41) is 0. The molecule has 2 aromatic carbocycles. The summed E-state index contributed by atoms with van der Waals surface area (Å²) in [4.78, 5) is 42.9. The van der Waals surface area contributed by atoms with Crippen LogP contribution in [0.15, 0.2) is 69.6 Å². The normalized spacial score (nSPS) is 15.3. The third-order valence-electron chi connectivity index (χ3n) is 5.37. The van der Waals surface area contributed by atoms with Gasteiger partial charge in [-0.1, -0.05) is 47.7 Å². The van der Waals surface area contributed by atoms with Crippen LogP contribution in [0.25, 0.3) is 6.08 Å². The minimum Gasteiger partial charge on any atom is -0.493 e. The van der Waals surface area contributed by atoms with E-state index in [-0.39, 0.29) is 17.9 Å². The first kappa shape index (κ1) is 24.2. The third kappa shape index (κ3) is 4.81. The Balaban J connectivity index is 1.88. The highest BCUT2D eigenvalue weighted by Gasteiger charge is 2.33. The van der Waals surface area contributed by atoms with E-state index < -0.39 is 18.0 Å². The van der Waals surface area contributed by atoms with Gasteiger partial charge in [0.05, 0.1) is 35.6 Å². The zero-order valence-electron chi connectivity index (χ0n) is 19.7. The van der Waals surface area contributed by atoms with Gasteiger partial charge >= 0.3 is 11.9 Å². The second-order valence-corrected chi connectivity index (χ2v) is 8.73. The number of rotatable bonds is 6. The Morgan fingerprint density at radius 3 is 2.54 bits per heavy atom.